The Morgan fingerprint density at radius 2 is 2.26 bits per heavy atom. The molecule has 0 aliphatic rings. The van der Waals surface area contributed by atoms with E-state index in [9.17, 15) is 10.1 Å². The predicted molar refractivity (Wildman–Crippen MR) is 77.2 cm³/mol. The maximum atomic E-state index is 10.7. The summed E-state index contributed by atoms with van der Waals surface area (Å²) in [6.07, 6.45) is 0.802. The van der Waals surface area contributed by atoms with Gasteiger partial charge in [0.05, 0.1) is 12.0 Å². The van der Waals surface area contributed by atoms with Crippen molar-refractivity contribution >= 4 is 23.1 Å². The summed E-state index contributed by atoms with van der Waals surface area (Å²) in [5.41, 5.74) is 0.760. The lowest BCUT2D eigenvalue weighted by atomic mass is 10.2. The van der Waals surface area contributed by atoms with Gasteiger partial charge in [-0.05, 0) is 18.2 Å². The van der Waals surface area contributed by atoms with Crippen LogP contribution in [0.5, 0.6) is 5.75 Å². The maximum Gasteiger partial charge on any atom is 0.311 e. The molecular formula is C12H18N2O4S. The van der Waals surface area contributed by atoms with Gasteiger partial charge in [-0.2, -0.15) is 11.8 Å². The summed E-state index contributed by atoms with van der Waals surface area (Å²) in [6.45, 7) is 0.983. The molecule has 0 unspecified atom stereocenters. The molecule has 0 aliphatic carbocycles. The number of methoxy groups -OCH3 is 1. The molecule has 0 aliphatic heterocycles. The van der Waals surface area contributed by atoms with Gasteiger partial charge in [0.15, 0.2) is 5.75 Å². The zero-order valence-corrected chi connectivity index (χ0v) is 11.6. The third-order valence-electron chi connectivity index (χ3n) is 2.40. The van der Waals surface area contributed by atoms with Gasteiger partial charge in [0.2, 0.25) is 0 Å². The minimum absolute atomic E-state index is 0.0367. The van der Waals surface area contributed by atoms with Crippen molar-refractivity contribution in [3.05, 3.63) is 28.3 Å². The van der Waals surface area contributed by atoms with Gasteiger partial charge in [-0.1, -0.05) is 0 Å². The third kappa shape index (κ3) is 5.35. The number of hydrogen-bond donors (Lipinski definition) is 2. The molecule has 2 N–H and O–H groups in total. The molecule has 0 saturated heterocycles. The molecule has 0 fully saturated rings. The Balaban J connectivity index is 2.44. The molecule has 106 valence electrons. The molecule has 7 heteroatoms. The van der Waals surface area contributed by atoms with Gasteiger partial charge in [0, 0.05) is 36.7 Å². The number of nitrogens with zero attached hydrogens (tertiary/aromatic N) is 1. The normalized spacial score (nSPS) is 10.2. The summed E-state index contributed by atoms with van der Waals surface area (Å²) < 4.78 is 4.99. The van der Waals surface area contributed by atoms with E-state index >= 15 is 0 Å². The first-order valence-electron chi connectivity index (χ1n) is 5.94. The van der Waals surface area contributed by atoms with Gasteiger partial charge < -0.3 is 15.2 Å². The molecule has 0 atom stereocenters. The molecular weight excluding hydrogens is 268 g/mol. The Labute approximate surface area is 116 Å². The van der Waals surface area contributed by atoms with Crippen molar-refractivity contribution in [3.63, 3.8) is 0 Å². The largest absolute Gasteiger partial charge is 0.490 e. The lowest BCUT2D eigenvalue weighted by molar-refractivity contribution is -0.385. The summed E-state index contributed by atoms with van der Waals surface area (Å²) in [5, 5.41) is 22.5. The van der Waals surface area contributed by atoms with Crippen molar-refractivity contribution in [2.75, 3.05) is 37.1 Å². The predicted octanol–water partition coefficient (Wildman–Crippen LogP) is 2.13. The Morgan fingerprint density at radius 1 is 1.47 bits per heavy atom. The first kappa shape index (κ1) is 15.6. The molecule has 0 bridgehead atoms. The summed E-state index contributed by atoms with van der Waals surface area (Å²) >= 11 is 1.75. The van der Waals surface area contributed by atoms with Gasteiger partial charge in [-0.3, -0.25) is 10.1 Å². The van der Waals surface area contributed by atoms with Gasteiger partial charge >= 0.3 is 5.69 Å². The highest BCUT2D eigenvalue weighted by Gasteiger charge is 2.14. The van der Waals surface area contributed by atoms with E-state index < -0.39 is 4.92 Å². The van der Waals surface area contributed by atoms with Gasteiger partial charge in [-0.15, -0.1) is 0 Å². The molecule has 19 heavy (non-hydrogen) atoms. The molecule has 0 amide bonds. The second-order valence-corrected chi connectivity index (χ2v) is 4.98. The molecule has 1 aromatic rings. The number of thioether (sulfide) groups is 1. The second-order valence-electron chi connectivity index (χ2n) is 3.76. The summed E-state index contributed by atoms with van der Waals surface area (Å²) in [7, 11) is 1.41. The lowest BCUT2D eigenvalue weighted by Crippen LogP contribution is -2.05. The molecule has 1 aromatic carbocycles. The molecule has 1 rings (SSSR count). The van der Waals surface area contributed by atoms with Gasteiger partial charge in [0.25, 0.3) is 0 Å². The minimum Gasteiger partial charge on any atom is -0.490 e. The van der Waals surface area contributed by atoms with E-state index in [1.165, 1.54) is 13.2 Å². The number of benzene rings is 1. The highest BCUT2D eigenvalue weighted by atomic mass is 32.2. The summed E-state index contributed by atoms with van der Waals surface area (Å²) in [6, 6.07) is 4.72. The van der Waals surface area contributed by atoms with E-state index in [1.54, 1.807) is 23.9 Å². The number of nitro benzene ring substituents is 1. The Morgan fingerprint density at radius 3 is 2.89 bits per heavy atom. The maximum absolute atomic E-state index is 10.7. The smallest absolute Gasteiger partial charge is 0.311 e. The first-order chi connectivity index (χ1) is 9.19. The number of aliphatic hydroxyl groups excluding tert-OH is 1. The fourth-order valence-electron chi connectivity index (χ4n) is 1.47. The molecule has 0 heterocycles. The van der Waals surface area contributed by atoms with Crippen molar-refractivity contribution in [1.29, 1.82) is 0 Å². The van der Waals surface area contributed by atoms with Crippen molar-refractivity contribution in [2.24, 2.45) is 0 Å². The minimum atomic E-state index is -0.465. The lowest BCUT2D eigenvalue weighted by Gasteiger charge is -2.08. The third-order valence-corrected chi connectivity index (χ3v) is 3.47. The van der Waals surface area contributed by atoms with Crippen molar-refractivity contribution in [3.8, 4) is 5.75 Å². The van der Waals surface area contributed by atoms with E-state index in [0.717, 1.165) is 30.2 Å². The average molecular weight is 286 g/mol. The van der Waals surface area contributed by atoms with Crippen LogP contribution in [0.4, 0.5) is 11.4 Å². The number of aliphatic hydroxyl groups is 1. The number of anilines is 1. The first-order valence-corrected chi connectivity index (χ1v) is 7.09. The molecule has 0 spiro atoms. The Bertz CT molecular complexity index is 415. The number of nitro groups is 1. The van der Waals surface area contributed by atoms with E-state index in [4.69, 9.17) is 9.84 Å². The van der Waals surface area contributed by atoms with Crippen molar-refractivity contribution in [1.82, 2.24) is 0 Å². The fourth-order valence-corrected chi connectivity index (χ4v) is 2.26. The van der Waals surface area contributed by atoms with E-state index in [-0.39, 0.29) is 18.0 Å². The number of hydrogen-bond acceptors (Lipinski definition) is 6. The molecule has 0 saturated carbocycles. The van der Waals surface area contributed by atoms with Crippen LogP contribution in [0.25, 0.3) is 0 Å². The van der Waals surface area contributed by atoms with Crippen LogP contribution in [0.3, 0.4) is 0 Å². The highest BCUT2D eigenvalue weighted by molar-refractivity contribution is 7.99. The van der Waals surface area contributed by atoms with Crippen LogP contribution in [0.15, 0.2) is 18.2 Å². The summed E-state index contributed by atoms with van der Waals surface area (Å²) in [4.78, 5) is 10.3. The van der Waals surface area contributed by atoms with E-state index in [2.05, 4.69) is 5.32 Å². The van der Waals surface area contributed by atoms with Crippen LogP contribution < -0.4 is 10.1 Å². The van der Waals surface area contributed by atoms with Crippen LogP contribution in [0.2, 0.25) is 0 Å². The van der Waals surface area contributed by atoms with E-state index in [1.807, 2.05) is 0 Å². The van der Waals surface area contributed by atoms with Crippen molar-refractivity contribution < 1.29 is 14.8 Å². The van der Waals surface area contributed by atoms with Crippen LogP contribution in [-0.2, 0) is 0 Å². The SMILES string of the molecule is COc1cc(NCCSCCCO)ccc1[N+](=O)[O-]. The second kappa shape index (κ2) is 8.60. The van der Waals surface area contributed by atoms with Crippen LogP contribution in [0.1, 0.15) is 6.42 Å². The van der Waals surface area contributed by atoms with Gasteiger partial charge in [0.1, 0.15) is 0 Å². The fraction of sp³-hybridized carbons (Fsp3) is 0.500. The summed E-state index contributed by atoms with van der Waals surface area (Å²) in [5.74, 6) is 2.10. The monoisotopic (exact) mass is 286 g/mol. The molecule has 6 nitrogen and oxygen atoms in total. The quantitative estimate of drug-likeness (QED) is 0.411. The Hall–Kier alpha value is -1.47. The van der Waals surface area contributed by atoms with E-state index in [0.29, 0.717) is 0 Å². The highest BCUT2D eigenvalue weighted by Crippen LogP contribution is 2.29. The zero-order valence-electron chi connectivity index (χ0n) is 10.8. The Kier molecular flexibility index (Phi) is 7.06. The van der Waals surface area contributed by atoms with Crippen LogP contribution in [-0.4, -0.2) is 41.8 Å². The topological polar surface area (TPSA) is 84.6 Å². The van der Waals surface area contributed by atoms with Crippen molar-refractivity contribution in [2.45, 2.75) is 6.42 Å². The zero-order chi connectivity index (χ0) is 14.1. The molecule has 0 aromatic heterocycles. The number of nitrogens with one attached hydrogen (secondary N) is 1. The average Bonchev–Trinajstić information content (AvgIpc) is 2.42. The van der Waals surface area contributed by atoms with Gasteiger partial charge in [-0.25, -0.2) is 0 Å². The number of rotatable bonds is 9. The van der Waals surface area contributed by atoms with Crippen LogP contribution in [0, 0.1) is 10.1 Å². The molecule has 0 radical (unpaired) electrons. The van der Waals surface area contributed by atoms with Crippen LogP contribution >= 0.6 is 11.8 Å². The number of ether oxygens (including phenoxy) is 1. The standard InChI is InChI=1S/C12H18N2O4S/c1-18-12-9-10(3-4-11(12)14(16)17)13-5-8-19-7-2-6-15/h3-4,9,13,15H,2,5-8H2,1H3.